The maximum Gasteiger partial charge on any atom is 0.416 e. The second kappa shape index (κ2) is 20.3. The van der Waals surface area contributed by atoms with E-state index in [0.29, 0.717) is 78.6 Å². The smallest absolute Gasteiger partial charge is 0.416 e. The van der Waals surface area contributed by atoms with Gasteiger partial charge in [-0.1, -0.05) is 37.1 Å². The fraction of sp³-hybridized carbons (Fsp3) is 0.438. The Morgan fingerprint density at radius 2 is 1.47 bits per heavy atom. The molecule has 18 nitrogen and oxygen atoms in total. The molecule has 3 aromatic rings. The zero-order valence-corrected chi connectivity index (χ0v) is 38.0. The van der Waals surface area contributed by atoms with E-state index < -0.39 is 54.5 Å². The number of hydrogen-bond donors (Lipinski definition) is 6. The minimum Gasteiger partial charge on any atom is -0.494 e. The molecule has 0 fully saturated rings. The minimum absolute atomic E-state index is 0.0920. The standard InChI is InChI=1S/C48H59N7O11/c1-26(2)41(49)44(58)50-29(5)42(56)51-31-12-10-30(11-13-31)25-66-48(62)55-36-20-32(14-15-33(36)45(59)54-24-28(4)19-38(54)47(55)61)64-16-8-7-9-17-65-40-22-35-34(21-39(40)63-6)46(60)53-23-27(3)18-37(53)43(57)52-35/h10-15,20-24,26,29,37-38,41,43,47,52,57,61H,7-9,16-19,25,49H2,1-6H3,(H,50,58)(H,51,56)/t29-,37?,38-,41-,43-,47?/m0/s1. The number of benzene rings is 3. The zero-order chi connectivity index (χ0) is 47.4. The van der Waals surface area contributed by atoms with Crippen molar-refractivity contribution in [1.82, 2.24) is 15.1 Å². The Morgan fingerprint density at radius 3 is 2.15 bits per heavy atom. The minimum atomic E-state index is -1.44. The zero-order valence-electron chi connectivity index (χ0n) is 38.0. The van der Waals surface area contributed by atoms with Crippen LogP contribution in [0.3, 0.4) is 0 Å². The van der Waals surface area contributed by atoms with E-state index in [0.717, 1.165) is 22.5 Å². The van der Waals surface area contributed by atoms with Gasteiger partial charge in [-0.15, -0.1) is 0 Å². The lowest BCUT2D eigenvalue weighted by Gasteiger charge is -2.31. The van der Waals surface area contributed by atoms with Gasteiger partial charge in [0.2, 0.25) is 11.8 Å². The number of methoxy groups -OCH3 is 1. The van der Waals surface area contributed by atoms with E-state index in [-0.39, 0.29) is 35.6 Å². The van der Waals surface area contributed by atoms with Gasteiger partial charge in [0.25, 0.3) is 11.8 Å². The van der Waals surface area contributed by atoms with Gasteiger partial charge in [0, 0.05) is 30.2 Å². The third kappa shape index (κ3) is 10.2. The van der Waals surface area contributed by atoms with Crippen LogP contribution in [-0.4, -0.2) is 107 Å². The molecule has 4 aliphatic rings. The van der Waals surface area contributed by atoms with Crippen molar-refractivity contribution in [2.45, 2.75) is 110 Å². The highest BCUT2D eigenvalue weighted by Gasteiger charge is 2.45. The summed E-state index contributed by atoms with van der Waals surface area (Å²) in [5.41, 5.74) is 10.00. The Morgan fingerprint density at radius 1 is 0.818 bits per heavy atom. The van der Waals surface area contributed by atoms with Crippen molar-refractivity contribution in [3.05, 3.63) is 94.8 Å². The molecule has 0 spiro atoms. The average molecular weight is 910 g/mol. The van der Waals surface area contributed by atoms with Crippen molar-refractivity contribution in [3.8, 4) is 17.2 Å². The molecule has 4 heterocycles. The third-order valence-electron chi connectivity index (χ3n) is 12.1. The van der Waals surface area contributed by atoms with E-state index in [1.807, 2.05) is 27.7 Å². The Kier molecular flexibility index (Phi) is 14.5. The van der Waals surface area contributed by atoms with Gasteiger partial charge in [-0.25, -0.2) is 9.69 Å². The number of hydrogen-bond acceptors (Lipinski definition) is 13. The van der Waals surface area contributed by atoms with Gasteiger partial charge in [0.1, 0.15) is 24.6 Å². The van der Waals surface area contributed by atoms with Crippen LogP contribution in [0.25, 0.3) is 0 Å². The molecule has 18 heteroatoms. The molecule has 0 bridgehead atoms. The summed E-state index contributed by atoms with van der Waals surface area (Å²) in [4.78, 5) is 70.3. The van der Waals surface area contributed by atoms with Crippen molar-refractivity contribution < 1.29 is 53.1 Å². The van der Waals surface area contributed by atoms with E-state index in [1.165, 1.54) is 12.0 Å². The number of carbonyl (C=O) groups is 5. The molecule has 0 saturated heterocycles. The van der Waals surface area contributed by atoms with Crippen molar-refractivity contribution in [1.29, 1.82) is 0 Å². The number of nitrogens with zero attached hydrogens (tertiary/aromatic N) is 3. The maximum absolute atomic E-state index is 13.9. The first-order valence-electron chi connectivity index (χ1n) is 22.2. The molecule has 0 radical (unpaired) electrons. The first-order valence-corrected chi connectivity index (χ1v) is 22.2. The van der Waals surface area contributed by atoms with Gasteiger partial charge >= 0.3 is 6.09 Å². The number of aliphatic hydroxyl groups excluding tert-OH is 2. The van der Waals surface area contributed by atoms with Gasteiger partial charge in [-0.3, -0.25) is 19.2 Å². The highest BCUT2D eigenvalue weighted by molar-refractivity contribution is 6.06. The molecule has 7 N–H and O–H groups in total. The molecule has 352 valence electrons. The Labute approximate surface area is 383 Å². The summed E-state index contributed by atoms with van der Waals surface area (Å²) in [6, 6.07) is 12.0. The summed E-state index contributed by atoms with van der Waals surface area (Å²) in [6.45, 7) is 9.45. The van der Waals surface area contributed by atoms with Crippen LogP contribution in [0.4, 0.5) is 21.9 Å². The molecule has 7 rings (SSSR count). The summed E-state index contributed by atoms with van der Waals surface area (Å²) < 4.78 is 23.5. The fourth-order valence-electron chi connectivity index (χ4n) is 8.30. The highest BCUT2D eigenvalue weighted by atomic mass is 16.6. The predicted molar refractivity (Wildman–Crippen MR) is 245 cm³/mol. The first-order chi connectivity index (χ1) is 31.5. The van der Waals surface area contributed by atoms with Crippen LogP contribution in [0.1, 0.15) is 93.0 Å². The molecular formula is C48H59N7O11. The number of nitrogens with one attached hydrogen (secondary N) is 3. The Hall–Kier alpha value is -6.63. The second-order valence-corrected chi connectivity index (χ2v) is 17.5. The normalized spacial score (nSPS) is 20.6. The van der Waals surface area contributed by atoms with Crippen LogP contribution >= 0.6 is 0 Å². The largest absolute Gasteiger partial charge is 0.494 e. The molecule has 0 saturated carbocycles. The number of amides is 5. The van der Waals surface area contributed by atoms with Crippen LogP contribution in [0, 0.1) is 5.92 Å². The topological polar surface area (TPSA) is 235 Å². The molecule has 6 atom stereocenters. The van der Waals surface area contributed by atoms with E-state index in [9.17, 15) is 34.2 Å². The van der Waals surface area contributed by atoms with Gasteiger partial charge < -0.3 is 60.6 Å². The lowest BCUT2D eigenvalue weighted by Crippen LogP contribution is -2.50. The Bertz CT molecular complexity index is 2400. The van der Waals surface area contributed by atoms with Gasteiger partial charge in [0.05, 0.1) is 61.0 Å². The van der Waals surface area contributed by atoms with Crippen LogP contribution in [0.5, 0.6) is 17.2 Å². The monoisotopic (exact) mass is 909 g/mol. The van der Waals surface area contributed by atoms with Crippen molar-refractivity contribution in [2.75, 3.05) is 35.9 Å². The van der Waals surface area contributed by atoms with Crippen molar-refractivity contribution in [2.24, 2.45) is 11.7 Å². The van der Waals surface area contributed by atoms with Crippen molar-refractivity contribution in [3.63, 3.8) is 0 Å². The average Bonchev–Trinajstić information content (AvgIpc) is 3.86. The number of carbonyl (C=O) groups excluding carboxylic acids is 5. The van der Waals surface area contributed by atoms with Crippen LogP contribution in [0.15, 0.2) is 78.1 Å². The number of aliphatic hydroxyl groups is 2. The van der Waals surface area contributed by atoms with E-state index in [1.54, 1.807) is 78.8 Å². The van der Waals surface area contributed by atoms with Gasteiger partial charge in [-0.05, 0) is 94.7 Å². The summed E-state index contributed by atoms with van der Waals surface area (Å²) in [5, 5.41) is 31.0. The maximum atomic E-state index is 13.9. The number of ether oxygens (including phenoxy) is 4. The van der Waals surface area contributed by atoms with E-state index >= 15 is 0 Å². The van der Waals surface area contributed by atoms with Crippen LogP contribution < -0.4 is 40.8 Å². The third-order valence-corrected chi connectivity index (χ3v) is 12.1. The molecule has 3 aromatic carbocycles. The van der Waals surface area contributed by atoms with Crippen molar-refractivity contribution >= 4 is 46.8 Å². The fourth-order valence-corrected chi connectivity index (χ4v) is 8.30. The van der Waals surface area contributed by atoms with Crippen LogP contribution in [-0.2, 0) is 20.9 Å². The molecular weight excluding hydrogens is 851 g/mol. The summed E-state index contributed by atoms with van der Waals surface area (Å²) in [5.74, 6) is -0.336. The van der Waals surface area contributed by atoms with E-state index in [2.05, 4.69) is 16.0 Å². The van der Waals surface area contributed by atoms with Gasteiger partial charge in [0.15, 0.2) is 17.7 Å². The highest BCUT2D eigenvalue weighted by Crippen LogP contribution is 2.40. The molecule has 5 amide bonds. The lowest BCUT2D eigenvalue weighted by atomic mass is 10.0. The van der Waals surface area contributed by atoms with E-state index in [4.69, 9.17) is 24.7 Å². The molecule has 4 aliphatic heterocycles. The second-order valence-electron chi connectivity index (χ2n) is 17.5. The molecule has 0 aliphatic carbocycles. The van der Waals surface area contributed by atoms with Gasteiger partial charge in [-0.2, -0.15) is 0 Å². The molecule has 66 heavy (non-hydrogen) atoms. The molecule has 0 aromatic heterocycles. The SMILES string of the molecule is COc1cc2c(cc1OCCCCCOc1ccc3c(c1)N(C(=O)OCc1ccc(NC(=O)[C@H](C)NC(=O)[C@@H](N)C(C)C)cc1)C(O)[C@@H]1CC(C)=CN1C3=O)N[C@@H](O)C1CC(C)=CN1C2=O. The number of nitrogens with two attached hydrogens (primary N) is 1. The summed E-state index contributed by atoms with van der Waals surface area (Å²) >= 11 is 0. The first kappa shape index (κ1) is 47.3. The number of unbranched alkanes of at least 4 members (excludes halogenated alkanes) is 2. The summed E-state index contributed by atoms with van der Waals surface area (Å²) in [7, 11) is 1.51. The number of rotatable bonds is 16. The summed E-state index contributed by atoms with van der Waals surface area (Å²) in [6.07, 6.45) is 3.14. The quantitative estimate of drug-likeness (QED) is 0.102. The number of anilines is 3. The molecule has 2 unspecified atom stereocenters. The Balaban J connectivity index is 0.942. The van der Waals surface area contributed by atoms with Crippen LogP contribution in [0.2, 0.25) is 0 Å². The lowest BCUT2D eigenvalue weighted by molar-refractivity contribution is -0.127. The predicted octanol–water partition coefficient (Wildman–Crippen LogP) is 5.21. The number of fused-ring (bicyclic) bond motifs is 4.